The van der Waals surface area contributed by atoms with E-state index in [9.17, 15) is 14.9 Å². The molecule has 7 heteroatoms. The predicted octanol–water partition coefficient (Wildman–Crippen LogP) is 2.65. The van der Waals surface area contributed by atoms with Crippen molar-refractivity contribution in [2.45, 2.75) is 18.9 Å². The van der Waals surface area contributed by atoms with Gasteiger partial charge >= 0.3 is 0 Å². The zero-order valence-corrected chi connectivity index (χ0v) is 14.9. The summed E-state index contributed by atoms with van der Waals surface area (Å²) in [5.74, 6) is 0.0893. The van der Waals surface area contributed by atoms with Crippen molar-refractivity contribution in [2.24, 2.45) is 5.73 Å². The van der Waals surface area contributed by atoms with Crippen molar-refractivity contribution in [3.63, 3.8) is 0 Å². The van der Waals surface area contributed by atoms with Gasteiger partial charge in [-0.1, -0.05) is 11.8 Å². The number of hydrogen-bond acceptors (Lipinski definition) is 6. The number of pyridine rings is 1. The molecule has 0 unspecified atom stereocenters. The Morgan fingerprint density at radius 3 is 2.44 bits per heavy atom. The molecule has 0 atom stereocenters. The van der Waals surface area contributed by atoms with E-state index < -0.39 is 5.91 Å². The van der Waals surface area contributed by atoms with E-state index in [0.29, 0.717) is 27.6 Å². The number of ketones is 1. The highest BCUT2D eigenvalue weighted by Gasteiger charge is 2.19. The van der Waals surface area contributed by atoms with Gasteiger partial charge in [0.15, 0.2) is 5.78 Å². The van der Waals surface area contributed by atoms with Gasteiger partial charge in [-0.3, -0.25) is 9.59 Å². The lowest BCUT2D eigenvalue weighted by Gasteiger charge is -2.11. The Hall–Kier alpha value is -2.85. The first-order chi connectivity index (χ1) is 11.9. The third-order valence-electron chi connectivity index (χ3n) is 3.71. The van der Waals surface area contributed by atoms with Crippen molar-refractivity contribution in [3.05, 3.63) is 52.2 Å². The molecule has 128 valence electrons. The summed E-state index contributed by atoms with van der Waals surface area (Å²) in [4.78, 5) is 28.1. The summed E-state index contributed by atoms with van der Waals surface area (Å²) < 4.78 is 5.07. The van der Waals surface area contributed by atoms with Crippen LogP contribution in [0.4, 0.5) is 0 Å². The summed E-state index contributed by atoms with van der Waals surface area (Å²) in [7, 11) is 1.56. The molecule has 0 fully saturated rings. The number of methoxy groups -OCH3 is 1. The molecule has 1 aromatic heterocycles. The normalized spacial score (nSPS) is 10.2. The lowest BCUT2D eigenvalue weighted by atomic mass is 10.0. The van der Waals surface area contributed by atoms with Crippen LogP contribution in [-0.4, -0.2) is 29.5 Å². The van der Waals surface area contributed by atoms with Crippen LogP contribution in [0.2, 0.25) is 0 Å². The van der Waals surface area contributed by atoms with E-state index >= 15 is 0 Å². The standard InChI is InChI=1S/C18H17N3O3S/c1-10-14(8-19)18(21-11(2)16(10)17(20)23)25-9-15(22)12-4-6-13(24-3)7-5-12/h4-7H,9H2,1-3H3,(H2,20,23). The van der Waals surface area contributed by atoms with E-state index in [1.165, 1.54) is 11.8 Å². The summed E-state index contributed by atoms with van der Waals surface area (Å²) in [6.45, 7) is 3.31. The third kappa shape index (κ3) is 3.98. The highest BCUT2D eigenvalue weighted by Crippen LogP contribution is 2.27. The predicted molar refractivity (Wildman–Crippen MR) is 95.0 cm³/mol. The lowest BCUT2D eigenvalue weighted by Crippen LogP contribution is -2.17. The second-order valence-corrected chi connectivity index (χ2v) is 6.26. The molecule has 0 bridgehead atoms. The number of aromatic nitrogens is 1. The summed E-state index contributed by atoms with van der Waals surface area (Å²) in [6.07, 6.45) is 0. The van der Waals surface area contributed by atoms with Gasteiger partial charge in [0.2, 0.25) is 0 Å². The van der Waals surface area contributed by atoms with E-state index in [2.05, 4.69) is 4.98 Å². The molecule has 1 amide bonds. The fourth-order valence-corrected chi connectivity index (χ4v) is 3.39. The van der Waals surface area contributed by atoms with Crippen LogP contribution in [0, 0.1) is 25.2 Å². The molecule has 25 heavy (non-hydrogen) atoms. The van der Waals surface area contributed by atoms with E-state index in [-0.39, 0.29) is 22.7 Å². The number of primary amides is 1. The molecule has 0 aliphatic heterocycles. The smallest absolute Gasteiger partial charge is 0.250 e. The number of thioether (sulfide) groups is 1. The molecule has 0 aliphatic rings. The molecule has 6 nitrogen and oxygen atoms in total. The Bertz CT molecular complexity index is 871. The van der Waals surface area contributed by atoms with Gasteiger partial charge in [-0.2, -0.15) is 5.26 Å². The molecule has 0 spiro atoms. The first-order valence-corrected chi connectivity index (χ1v) is 8.38. The lowest BCUT2D eigenvalue weighted by molar-refractivity contribution is 0.0995. The minimum atomic E-state index is -0.621. The van der Waals surface area contributed by atoms with Crippen LogP contribution in [-0.2, 0) is 0 Å². The third-order valence-corrected chi connectivity index (χ3v) is 4.68. The van der Waals surface area contributed by atoms with E-state index in [4.69, 9.17) is 10.5 Å². The van der Waals surface area contributed by atoms with Gasteiger partial charge in [-0.25, -0.2) is 4.98 Å². The van der Waals surface area contributed by atoms with E-state index in [1.807, 2.05) is 6.07 Å². The molecule has 2 aromatic rings. The number of benzene rings is 1. The molecule has 2 N–H and O–H groups in total. The number of aryl methyl sites for hydroxylation is 1. The van der Waals surface area contributed by atoms with Crippen molar-refractivity contribution >= 4 is 23.5 Å². The zero-order chi connectivity index (χ0) is 18.6. The number of hydrogen-bond donors (Lipinski definition) is 1. The Morgan fingerprint density at radius 2 is 1.92 bits per heavy atom. The molecular formula is C18H17N3O3S. The molecule has 0 saturated heterocycles. The van der Waals surface area contributed by atoms with Gasteiger partial charge in [0.05, 0.1) is 29.7 Å². The highest BCUT2D eigenvalue weighted by molar-refractivity contribution is 8.00. The summed E-state index contributed by atoms with van der Waals surface area (Å²) in [5.41, 5.74) is 7.36. The molecule has 1 aromatic carbocycles. The van der Waals surface area contributed by atoms with Gasteiger partial charge in [0.1, 0.15) is 16.8 Å². The second-order valence-electron chi connectivity index (χ2n) is 5.29. The summed E-state index contributed by atoms with van der Waals surface area (Å²) in [6, 6.07) is 8.85. The van der Waals surface area contributed by atoms with Gasteiger partial charge in [-0.05, 0) is 43.7 Å². The molecule has 0 radical (unpaired) electrons. The molecule has 0 aliphatic carbocycles. The Balaban J connectivity index is 2.24. The minimum Gasteiger partial charge on any atom is -0.497 e. The van der Waals surface area contributed by atoms with Crippen LogP contribution < -0.4 is 10.5 Å². The molecular weight excluding hydrogens is 338 g/mol. The number of nitriles is 1. The Kier molecular flexibility index (Phi) is 5.78. The van der Waals surface area contributed by atoms with Crippen LogP contribution in [0.5, 0.6) is 5.75 Å². The fourth-order valence-electron chi connectivity index (χ4n) is 2.41. The maximum Gasteiger partial charge on any atom is 0.250 e. The number of nitrogens with two attached hydrogens (primary N) is 1. The number of ether oxygens (including phenoxy) is 1. The molecule has 2 rings (SSSR count). The van der Waals surface area contributed by atoms with E-state index in [0.717, 1.165) is 0 Å². The summed E-state index contributed by atoms with van der Waals surface area (Å²) in [5, 5.41) is 9.80. The minimum absolute atomic E-state index is 0.0902. The van der Waals surface area contributed by atoms with Crippen LogP contribution in [0.15, 0.2) is 29.3 Å². The Labute approximate surface area is 150 Å². The number of rotatable bonds is 6. The second kappa shape index (κ2) is 7.81. The zero-order valence-electron chi connectivity index (χ0n) is 14.1. The summed E-state index contributed by atoms with van der Waals surface area (Å²) >= 11 is 1.17. The average molecular weight is 355 g/mol. The monoisotopic (exact) mass is 355 g/mol. The Morgan fingerprint density at radius 1 is 1.28 bits per heavy atom. The van der Waals surface area contributed by atoms with Crippen molar-refractivity contribution in [2.75, 3.05) is 12.9 Å². The number of carbonyl (C=O) groups is 2. The van der Waals surface area contributed by atoms with E-state index in [1.54, 1.807) is 45.2 Å². The molecule has 0 saturated carbocycles. The van der Waals surface area contributed by atoms with Crippen molar-refractivity contribution in [3.8, 4) is 11.8 Å². The first-order valence-electron chi connectivity index (χ1n) is 7.40. The SMILES string of the molecule is COc1ccc(C(=O)CSc2nc(C)c(C(N)=O)c(C)c2C#N)cc1. The number of nitrogens with zero attached hydrogens (tertiary/aromatic N) is 2. The largest absolute Gasteiger partial charge is 0.497 e. The van der Waals surface area contributed by atoms with Crippen molar-refractivity contribution in [1.29, 1.82) is 5.26 Å². The number of Topliss-reactive ketones (excluding diaryl/α,β-unsaturated/α-hetero) is 1. The van der Waals surface area contributed by atoms with Gasteiger partial charge in [0, 0.05) is 5.56 Å². The maximum atomic E-state index is 12.3. The fraction of sp³-hybridized carbons (Fsp3) is 0.222. The number of carbonyl (C=O) groups excluding carboxylic acids is 2. The van der Waals surface area contributed by atoms with Gasteiger partial charge < -0.3 is 10.5 Å². The highest BCUT2D eigenvalue weighted by atomic mass is 32.2. The topological polar surface area (TPSA) is 106 Å². The quantitative estimate of drug-likeness (QED) is 0.631. The number of amides is 1. The van der Waals surface area contributed by atoms with Crippen LogP contribution >= 0.6 is 11.8 Å². The van der Waals surface area contributed by atoms with Gasteiger partial charge in [-0.15, -0.1) is 0 Å². The van der Waals surface area contributed by atoms with Crippen LogP contribution in [0.25, 0.3) is 0 Å². The van der Waals surface area contributed by atoms with Gasteiger partial charge in [0.25, 0.3) is 5.91 Å². The van der Waals surface area contributed by atoms with Crippen molar-refractivity contribution < 1.29 is 14.3 Å². The molecule has 1 heterocycles. The van der Waals surface area contributed by atoms with Crippen molar-refractivity contribution in [1.82, 2.24) is 4.98 Å². The van der Waals surface area contributed by atoms with Crippen LogP contribution in [0.3, 0.4) is 0 Å². The maximum absolute atomic E-state index is 12.3. The first kappa shape index (κ1) is 18.5. The average Bonchev–Trinajstić information content (AvgIpc) is 2.59. The van der Waals surface area contributed by atoms with Crippen LogP contribution in [0.1, 0.15) is 37.5 Å².